The molecule has 0 aliphatic rings. The number of anilines is 2. The minimum absolute atomic E-state index is 0.0609. The Kier molecular flexibility index (Phi) is 5.62. The van der Waals surface area contributed by atoms with E-state index in [0.717, 1.165) is 12.5 Å². The van der Waals surface area contributed by atoms with Gasteiger partial charge in [0.05, 0.1) is 22.6 Å². The molecule has 2 aromatic heterocycles. The normalized spacial score (nSPS) is 12.6. The maximum atomic E-state index is 13.5. The molecule has 164 valence electrons. The van der Waals surface area contributed by atoms with E-state index >= 15 is 0 Å². The highest BCUT2D eigenvalue weighted by Gasteiger charge is 2.22. The van der Waals surface area contributed by atoms with E-state index in [1.807, 2.05) is 36.4 Å². The average molecular weight is 470 g/mol. The molecule has 2 aromatic carbocycles. The summed E-state index contributed by atoms with van der Waals surface area (Å²) in [6, 6.07) is 15.7. The van der Waals surface area contributed by atoms with Gasteiger partial charge >= 0.3 is 0 Å². The van der Waals surface area contributed by atoms with Crippen molar-refractivity contribution in [2.75, 3.05) is 17.3 Å². The first-order chi connectivity index (χ1) is 15.2. The third kappa shape index (κ3) is 4.04. The van der Waals surface area contributed by atoms with Crippen molar-refractivity contribution in [3.8, 4) is 5.69 Å². The molecular weight excluding hydrogens is 450 g/mol. The molecule has 4 rings (SSSR count). The number of nitrogens with one attached hydrogen (secondary N) is 1. The first-order valence-corrected chi connectivity index (χ1v) is 11.9. The van der Waals surface area contributed by atoms with Crippen molar-refractivity contribution >= 4 is 44.0 Å². The Morgan fingerprint density at radius 1 is 1.12 bits per heavy atom. The van der Waals surface area contributed by atoms with Gasteiger partial charge in [-0.1, -0.05) is 41.9 Å². The highest BCUT2D eigenvalue weighted by molar-refractivity contribution is 7.90. The summed E-state index contributed by atoms with van der Waals surface area (Å²) in [6.45, 7) is 1.80. The molecular formula is C22H20ClN5O3S. The summed E-state index contributed by atoms with van der Waals surface area (Å²) in [4.78, 5) is 21.3. The van der Waals surface area contributed by atoms with Crippen LogP contribution in [0.2, 0.25) is 5.02 Å². The Hall–Kier alpha value is -3.43. The number of pyridine rings is 1. The topological polar surface area (TPSA) is 120 Å². The smallest absolute Gasteiger partial charge is 0.264 e. The lowest BCUT2D eigenvalue weighted by Crippen LogP contribution is -2.26. The van der Waals surface area contributed by atoms with Gasteiger partial charge in [-0.25, -0.2) is 13.4 Å². The molecule has 0 aliphatic heterocycles. The monoisotopic (exact) mass is 469 g/mol. The predicted octanol–water partition coefficient (Wildman–Crippen LogP) is 3.59. The van der Waals surface area contributed by atoms with Gasteiger partial charge in [0.15, 0.2) is 15.7 Å². The zero-order valence-electron chi connectivity index (χ0n) is 17.3. The highest BCUT2D eigenvalue weighted by atomic mass is 35.5. The first-order valence-electron chi connectivity index (χ1n) is 9.65. The van der Waals surface area contributed by atoms with Crippen molar-refractivity contribution < 1.29 is 8.42 Å². The fourth-order valence-electron chi connectivity index (χ4n) is 3.54. The number of sulfone groups is 1. The lowest BCUT2D eigenvalue weighted by Gasteiger charge is -2.22. The Morgan fingerprint density at radius 3 is 2.53 bits per heavy atom. The molecule has 0 bridgehead atoms. The third-order valence-corrected chi connectivity index (χ3v) is 6.42. The number of hydrogen-bond donors (Lipinski definition) is 2. The van der Waals surface area contributed by atoms with Crippen molar-refractivity contribution in [1.82, 2.24) is 14.5 Å². The number of halogens is 1. The summed E-state index contributed by atoms with van der Waals surface area (Å²) in [7, 11) is -3.62. The van der Waals surface area contributed by atoms with Crippen LogP contribution in [0.15, 0.2) is 70.5 Å². The van der Waals surface area contributed by atoms with E-state index in [4.69, 9.17) is 17.3 Å². The van der Waals surface area contributed by atoms with Crippen LogP contribution in [0.5, 0.6) is 0 Å². The van der Waals surface area contributed by atoms with Crippen molar-refractivity contribution in [2.45, 2.75) is 17.9 Å². The molecule has 10 heteroatoms. The van der Waals surface area contributed by atoms with E-state index in [0.29, 0.717) is 27.2 Å². The SMILES string of the molecule is CC(Nc1nc(N)ncc1S(C)(=O)=O)c1cc2cccc(Cl)c2c(=O)n1-c1ccccc1. The van der Waals surface area contributed by atoms with Gasteiger partial charge in [-0.05, 0) is 36.6 Å². The van der Waals surface area contributed by atoms with Crippen LogP contribution in [0.3, 0.4) is 0 Å². The van der Waals surface area contributed by atoms with Gasteiger partial charge in [0, 0.05) is 17.6 Å². The van der Waals surface area contributed by atoms with Crippen LogP contribution in [0.4, 0.5) is 11.8 Å². The molecule has 1 atom stereocenters. The second-order valence-corrected chi connectivity index (χ2v) is 9.72. The number of fused-ring (bicyclic) bond motifs is 1. The quantitative estimate of drug-likeness (QED) is 0.458. The number of rotatable bonds is 5. The molecule has 0 radical (unpaired) electrons. The van der Waals surface area contributed by atoms with E-state index in [9.17, 15) is 13.2 Å². The Bertz CT molecular complexity index is 1490. The van der Waals surface area contributed by atoms with E-state index in [2.05, 4.69) is 15.3 Å². The van der Waals surface area contributed by atoms with Crippen LogP contribution in [0, 0.1) is 0 Å². The summed E-state index contributed by atoms with van der Waals surface area (Å²) < 4.78 is 26.0. The summed E-state index contributed by atoms with van der Waals surface area (Å²) in [5.41, 5.74) is 6.65. The molecule has 4 aromatic rings. The van der Waals surface area contributed by atoms with E-state index in [1.54, 1.807) is 29.7 Å². The van der Waals surface area contributed by atoms with Crippen LogP contribution in [0.1, 0.15) is 18.7 Å². The highest BCUT2D eigenvalue weighted by Crippen LogP contribution is 2.28. The molecule has 8 nitrogen and oxygen atoms in total. The van der Waals surface area contributed by atoms with Crippen molar-refractivity contribution in [3.63, 3.8) is 0 Å². The number of hydrogen-bond acceptors (Lipinski definition) is 7. The largest absolute Gasteiger partial charge is 0.368 e. The lowest BCUT2D eigenvalue weighted by molar-refractivity contribution is 0.601. The molecule has 0 aliphatic carbocycles. The van der Waals surface area contributed by atoms with E-state index < -0.39 is 15.9 Å². The molecule has 0 spiro atoms. The predicted molar refractivity (Wildman–Crippen MR) is 126 cm³/mol. The number of aromatic nitrogens is 3. The summed E-state index contributed by atoms with van der Waals surface area (Å²) in [5.74, 6) is -0.0106. The Labute approximate surface area is 189 Å². The molecule has 0 saturated heterocycles. The number of nitrogens with two attached hydrogens (primary N) is 1. The van der Waals surface area contributed by atoms with Gasteiger partial charge in [0.25, 0.3) is 5.56 Å². The molecule has 0 saturated carbocycles. The molecule has 0 fully saturated rings. The minimum atomic E-state index is -3.62. The van der Waals surface area contributed by atoms with Gasteiger partial charge < -0.3 is 11.1 Å². The van der Waals surface area contributed by atoms with E-state index in [-0.39, 0.29) is 22.2 Å². The number of nitrogen functional groups attached to an aromatic ring is 1. The molecule has 3 N–H and O–H groups in total. The fourth-order valence-corrected chi connectivity index (χ4v) is 4.50. The van der Waals surface area contributed by atoms with Crippen LogP contribution < -0.4 is 16.6 Å². The Morgan fingerprint density at radius 2 is 1.84 bits per heavy atom. The van der Waals surface area contributed by atoms with Gasteiger partial charge in [-0.2, -0.15) is 4.98 Å². The fraction of sp³-hybridized carbons (Fsp3) is 0.136. The zero-order chi connectivity index (χ0) is 23.0. The first kappa shape index (κ1) is 21.8. The van der Waals surface area contributed by atoms with Crippen LogP contribution in [-0.2, 0) is 9.84 Å². The Balaban J connectivity index is 1.94. The van der Waals surface area contributed by atoms with Gasteiger partial charge in [-0.15, -0.1) is 0 Å². The zero-order valence-corrected chi connectivity index (χ0v) is 18.9. The maximum absolute atomic E-state index is 13.5. The van der Waals surface area contributed by atoms with Gasteiger partial charge in [-0.3, -0.25) is 9.36 Å². The number of nitrogens with zero attached hydrogens (tertiary/aromatic N) is 3. The standard InChI is InChI=1S/C22H20ClN5O3S/c1-13(26-20-18(32(2,30)31)12-25-22(24)27-20)17-11-14-7-6-10-16(23)19(14)21(29)28(17)15-8-4-3-5-9-15/h3-13H,1-2H3,(H3,24,25,26,27). The van der Waals surface area contributed by atoms with Crippen molar-refractivity contribution in [1.29, 1.82) is 0 Å². The molecule has 0 amide bonds. The lowest BCUT2D eigenvalue weighted by atomic mass is 10.1. The van der Waals surface area contributed by atoms with Gasteiger partial charge in [0.2, 0.25) is 5.95 Å². The molecule has 2 heterocycles. The van der Waals surface area contributed by atoms with Crippen molar-refractivity contribution in [3.05, 3.63) is 81.9 Å². The van der Waals surface area contributed by atoms with E-state index in [1.165, 1.54) is 0 Å². The number of benzene rings is 2. The average Bonchev–Trinajstić information content (AvgIpc) is 2.73. The van der Waals surface area contributed by atoms with Crippen molar-refractivity contribution in [2.24, 2.45) is 0 Å². The van der Waals surface area contributed by atoms with Crippen LogP contribution in [0.25, 0.3) is 16.5 Å². The molecule has 32 heavy (non-hydrogen) atoms. The van der Waals surface area contributed by atoms with Gasteiger partial charge in [0.1, 0.15) is 4.90 Å². The van der Waals surface area contributed by atoms with Crippen LogP contribution in [-0.4, -0.2) is 29.2 Å². The second-order valence-electron chi connectivity index (χ2n) is 7.33. The summed E-state index contributed by atoms with van der Waals surface area (Å²) in [6.07, 6.45) is 2.23. The minimum Gasteiger partial charge on any atom is -0.368 e. The maximum Gasteiger partial charge on any atom is 0.264 e. The third-order valence-electron chi connectivity index (χ3n) is 5.01. The summed E-state index contributed by atoms with van der Waals surface area (Å²) in [5, 5.41) is 4.51. The number of para-hydroxylation sites is 1. The second kappa shape index (κ2) is 8.25. The molecule has 1 unspecified atom stereocenters. The van der Waals surface area contributed by atoms with Crippen LogP contribution >= 0.6 is 11.6 Å². The summed E-state index contributed by atoms with van der Waals surface area (Å²) >= 11 is 6.35.